The summed E-state index contributed by atoms with van der Waals surface area (Å²) >= 11 is 0. The highest BCUT2D eigenvalue weighted by Gasteiger charge is 2.14. The lowest BCUT2D eigenvalue weighted by atomic mass is 10.1. The van der Waals surface area contributed by atoms with E-state index in [-0.39, 0.29) is 11.3 Å². The first-order valence-electron chi connectivity index (χ1n) is 9.20. The first kappa shape index (κ1) is 21.5. The van der Waals surface area contributed by atoms with Gasteiger partial charge in [0.2, 0.25) is 0 Å². The molecule has 3 N–H and O–H groups in total. The van der Waals surface area contributed by atoms with Gasteiger partial charge < -0.3 is 20.5 Å². The van der Waals surface area contributed by atoms with Crippen LogP contribution in [0.2, 0.25) is 0 Å². The molecule has 2 rings (SSSR count). The quantitative estimate of drug-likeness (QED) is 0.205. The van der Waals surface area contributed by atoms with Gasteiger partial charge in [-0.25, -0.2) is 4.79 Å². The number of carbonyl (C=O) groups excluding carboxylic acids is 2. The fourth-order valence-electron chi connectivity index (χ4n) is 2.45. The Kier molecular flexibility index (Phi) is 7.80. The van der Waals surface area contributed by atoms with Gasteiger partial charge in [0.1, 0.15) is 17.4 Å². The number of carbonyl (C=O) groups is 2. The van der Waals surface area contributed by atoms with Crippen LogP contribution in [0.1, 0.15) is 35.7 Å². The Morgan fingerprint density at radius 3 is 2.66 bits per heavy atom. The molecule has 0 fully saturated rings. The highest BCUT2D eigenvalue weighted by molar-refractivity contribution is 6.07. The molecule has 0 aliphatic heterocycles. The van der Waals surface area contributed by atoms with E-state index in [2.05, 4.69) is 10.6 Å². The Labute approximate surface area is 169 Å². The number of ether oxygens (including phenoxy) is 1. The maximum atomic E-state index is 12.4. The SMILES string of the molecule is CCCCOC(=O)c1ccccc1N/C=C(/C#N)C(=O)Nc1ccc(O)cc1C. The number of para-hydroxylation sites is 1. The molecule has 0 saturated carbocycles. The lowest BCUT2D eigenvalue weighted by Gasteiger charge is -2.10. The van der Waals surface area contributed by atoms with E-state index in [1.165, 1.54) is 18.3 Å². The van der Waals surface area contributed by atoms with Crippen LogP contribution in [-0.2, 0) is 9.53 Å². The fraction of sp³-hybridized carbons (Fsp3) is 0.227. The highest BCUT2D eigenvalue weighted by atomic mass is 16.5. The van der Waals surface area contributed by atoms with E-state index in [0.717, 1.165) is 12.8 Å². The van der Waals surface area contributed by atoms with Gasteiger partial charge in [0.15, 0.2) is 0 Å². The summed E-state index contributed by atoms with van der Waals surface area (Å²) in [6.45, 7) is 4.06. The molecule has 0 bridgehead atoms. The number of amides is 1. The minimum absolute atomic E-state index is 0.0839. The molecule has 7 nitrogen and oxygen atoms in total. The van der Waals surface area contributed by atoms with Gasteiger partial charge in [0.25, 0.3) is 5.91 Å². The summed E-state index contributed by atoms with van der Waals surface area (Å²) in [4.78, 5) is 24.6. The number of aryl methyl sites for hydroxylation is 1. The first-order chi connectivity index (χ1) is 14.0. The molecule has 1 amide bonds. The second-order valence-electron chi connectivity index (χ2n) is 6.30. The van der Waals surface area contributed by atoms with Crippen LogP contribution in [0.15, 0.2) is 54.2 Å². The van der Waals surface area contributed by atoms with Crippen molar-refractivity contribution in [3.05, 3.63) is 65.4 Å². The number of nitrogens with zero attached hydrogens (tertiary/aromatic N) is 1. The zero-order valence-electron chi connectivity index (χ0n) is 16.4. The first-order valence-corrected chi connectivity index (χ1v) is 9.20. The van der Waals surface area contributed by atoms with Crippen LogP contribution < -0.4 is 10.6 Å². The van der Waals surface area contributed by atoms with Gasteiger partial charge in [0.05, 0.1) is 17.9 Å². The molecule has 0 aliphatic rings. The van der Waals surface area contributed by atoms with Crippen molar-refractivity contribution < 1.29 is 19.4 Å². The third kappa shape index (κ3) is 6.11. The van der Waals surface area contributed by atoms with E-state index in [1.54, 1.807) is 37.3 Å². The van der Waals surface area contributed by atoms with Crippen molar-refractivity contribution >= 4 is 23.3 Å². The zero-order valence-corrected chi connectivity index (χ0v) is 16.4. The molecular weight excluding hydrogens is 370 g/mol. The Morgan fingerprint density at radius 2 is 1.97 bits per heavy atom. The Hall–Kier alpha value is -3.79. The van der Waals surface area contributed by atoms with Crippen molar-refractivity contribution in [2.45, 2.75) is 26.7 Å². The standard InChI is InChI=1S/C22H23N3O4/c1-3-4-11-29-22(28)18-7-5-6-8-20(18)24-14-16(13-23)21(27)25-19-10-9-17(26)12-15(19)2/h5-10,12,14,24,26H,3-4,11H2,1-2H3,(H,25,27)/b16-14-. The van der Waals surface area contributed by atoms with Crippen LogP contribution in [0.4, 0.5) is 11.4 Å². The maximum absolute atomic E-state index is 12.4. The average Bonchev–Trinajstić information content (AvgIpc) is 2.71. The van der Waals surface area contributed by atoms with Gasteiger partial charge in [-0.3, -0.25) is 4.79 Å². The van der Waals surface area contributed by atoms with Crippen molar-refractivity contribution in [3.63, 3.8) is 0 Å². The van der Waals surface area contributed by atoms with Gasteiger partial charge in [-0.2, -0.15) is 5.26 Å². The third-order valence-corrected chi connectivity index (χ3v) is 4.07. The van der Waals surface area contributed by atoms with Gasteiger partial charge in [0, 0.05) is 11.9 Å². The van der Waals surface area contributed by atoms with E-state index in [4.69, 9.17) is 4.74 Å². The summed E-state index contributed by atoms with van der Waals surface area (Å²) in [6, 6.07) is 13.0. The summed E-state index contributed by atoms with van der Waals surface area (Å²) < 4.78 is 5.23. The molecule has 7 heteroatoms. The van der Waals surface area contributed by atoms with Crippen LogP contribution in [0.3, 0.4) is 0 Å². The predicted octanol–water partition coefficient (Wildman–Crippen LogP) is 4.12. The van der Waals surface area contributed by atoms with Crippen LogP contribution >= 0.6 is 0 Å². The van der Waals surface area contributed by atoms with Crippen molar-refractivity contribution in [2.75, 3.05) is 17.2 Å². The van der Waals surface area contributed by atoms with Crippen LogP contribution in [0.25, 0.3) is 0 Å². The number of unbranched alkanes of at least 4 members (excludes halogenated alkanes) is 1. The average molecular weight is 393 g/mol. The Bertz CT molecular complexity index is 961. The summed E-state index contributed by atoms with van der Waals surface area (Å²) in [6.07, 6.45) is 2.93. The van der Waals surface area contributed by atoms with E-state index in [0.29, 0.717) is 29.1 Å². The molecule has 0 unspecified atom stereocenters. The van der Waals surface area contributed by atoms with Crippen LogP contribution in [0.5, 0.6) is 5.75 Å². The van der Waals surface area contributed by atoms with E-state index < -0.39 is 11.9 Å². The van der Waals surface area contributed by atoms with Crippen LogP contribution in [-0.4, -0.2) is 23.6 Å². The molecule has 0 radical (unpaired) electrons. The largest absolute Gasteiger partial charge is 0.508 e. The fourth-order valence-corrected chi connectivity index (χ4v) is 2.45. The number of phenolic OH excluding ortho intramolecular Hbond substituents is 1. The van der Waals surface area contributed by atoms with Gasteiger partial charge in [-0.05, 0) is 49.2 Å². The molecule has 2 aromatic carbocycles. The smallest absolute Gasteiger partial charge is 0.340 e. The minimum atomic E-state index is -0.614. The molecule has 0 aliphatic carbocycles. The third-order valence-electron chi connectivity index (χ3n) is 4.07. The van der Waals surface area contributed by atoms with E-state index in [1.807, 2.05) is 13.0 Å². The van der Waals surface area contributed by atoms with Crippen LogP contribution in [0, 0.1) is 18.3 Å². The summed E-state index contributed by atoms with van der Waals surface area (Å²) in [7, 11) is 0. The van der Waals surface area contributed by atoms with E-state index >= 15 is 0 Å². The normalized spacial score (nSPS) is 10.7. The summed E-state index contributed by atoms with van der Waals surface area (Å²) in [5.41, 5.74) is 1.70. The molecule has 29 heavy (non-hydrogen) atoms. The number of phenols is 1. The molecule has 150 valence electrons. The molecule has 0 spiro atoms. The lowest BCUT2D eigenvalue weighted by molar-refractivity contribution is -0.112. The maximum Gasteiger partial charge on any atom is 0.340 e. The molecule has 0 heterocycles. The monoisotopic (exact) mass is 393 g/mol. The number of anilines is 2. The van der Waals surface area contributed by atoms with E-state index in [9.17, 15) is 20.0 Å². The van der Waals surface area contributed by atoms with Gasteiger partial charge >= 0.3 is 5.97 Å². The van der Waals surface area contributed by atoms with Crippen molar-refractivity contribution in [1.29, 1.82) is 5.26 Å². The number of hydrogen-bond acceptors (Lipinski definition) is 6. The predicted molar refractivity (Wildman–Crippen MR) is 110 cm³/mol. The second kappa shape index (κ2) is 10.5. The Morgan fingerprint density at radius 1 is 1.21 bits per heavy atom. The molecule has 0 atom stereocenters. The number of nitrogens with one attached hydrogen (secondary N) is 2. The van der Waals surface area contributed by atoms with Gasteiger partial charge in [-0.1, -0.05) is 25.5 Å². The number of hydrogen-bond donors (Lipinski definition) is 3. The number of benzene rings is 2. The molecular formula is C22H23N3O4. The number of aromatic hydroxyl groups is 1. The summed E-state index contributed by atoms with van der Waals surface area (Å²) in [5.74, 6) is -1.00. The lowest BCUT2D eigenvalue weighted by Crippen LogP contribution is -2.15. The summed E-state index contributed by atoms with van der Waals surface area (Å²) in [5, 5.41) is 24.3. The zero-order chi connectivity index (χ0) is 21.2. The minimum Gasteiger partial charge on any atom is -0.508 e. The number of rotatable bonds is 8. The Balaban J connectivity index is 2.13. The van der Waals surface area contributed by atoms with Crippen molar-refractivity contribution in [1.82, 2.24) is 0 Å². The molecule has 0 saturated heterocycles. The highest BCUT2D eigenvalue weighted by Crippen LogP contribution is 2.21. The topological polar surface area (TPSA) is 111 Å². The number of nitriles is 1. The van der Waals surface area contributed by atoms with Gasteiger partial charge in [-0.15, -0.1) is 0 Å². The van der Waals surface area contributed by atoms with Crippen molar-refractivity contribution in [3.8, 4) is 11.8 Å². The number of esters is 1. The molecule has 2 aromatic rings. The second-order valence-corrected chi connectivity index (χ2v) is 6.30. The van der Waals surface area contributed by atoms with Crippen molar-refractivity contribution in [2.24, 2.45) is 0 Å². The molecule has 0 aromatic heterocycles.